The third-order valence-corrected chi connectivity index (χ3v) is 3.26. The number of nitrogens with zero attached hydrogens (tertiary/aromatic N) is 2. The second kappa shape index (κ2) is 4.09. The van der Waals surface area contributed by atoms with Crippen molar-refractivity contribution in [3.05, 3.63) is 17.0 Å². The van der Waals surface area contributed by atoms with Crippen molar-refractivity contribution in [3.63, 3.8) is 0 Å². The van der Waals surface area contributed by atoms with E-state index in [-0.39, 0.29) is 18.9 Å². The molecule has 98 valence electrons. The lowest BCUT2D eigenvalue weighted by molar-refractivity contribution is -0.142. The number of carbonyl (C=O) groups excluding carboxylic acids is 1. The van der Waals surface area contributed by atoms with Crippen LogP contribution in [-0.4, -0.2) is 45.7 Å². The van der Waals surface area contributed by atoms with E-state index in [0.717, 1.165) is 0 Å². The molecule has 2 rings (SSSR count). The number of rotatable bonds is 2. The summed E-state index contributed by atoms with van der Waals surface area (Å²) < 4.78 is 4.93. The van der Waals surface area contributed by atoms with Gasteiger partial charge in [0.1, 0.15) is 16.9 Å². The van der Waals surface area contributed by atoms with Crippen molar-refractivity contribution in [3.8, 4) is 0 Å². The summed E-state index contributed by atoms with van der Waals surface area (Å²) in [6.45, 7) is 3.65. The summed E-state index contributed by atoms with van der Waals surface area (Å²) in [5.74, 6) is -0.932. The number of aryl methyl sites for hydroxylation is 2. The molecule has 0 radical (unpaired) electrons. The fourth-order valence-corrected chi connectivity index (χ4v) is 2.13. The molecule has 0 aliphatic carbocycles. The Morgan fingerprint density at radius 2 is 2.17 bits per heavy atom. The van der Waals surface area contributed by atoms with Gasteiger partial charge >= 0.3 is 5.97 Å². The topological polar surface area (TPSA) is 110 Å². The summed E-state index contributed by atoms with van der Waals surface area (Å²) in [7, 11) is 0. The van der Waals surface area contributed by atoms with Gasteiger partial charge in [0.2, 0.25) is 0 Å². The molecule has 1 aliphatic rings. The van der Waals surface area contributed by atoms with Crippen LogP contribution in [0.2, 0.25) is 0 Å². The normalized spacial score (nSPS) is 23.4. The molecule has 2 heterocycles. The molecule has 18 heavy (non-hydrogen) atoms. The van der Waals surface area contributed by atoms with Crippen molar-refractivity contribution < 1.29 is 19.2 Å². The largest absolute Gasteiger partial charge is 0.480 e. The second-order valence-corrected chi connectivity index (χ2v) is 4.64. The number of aromatic nitrogens is 1. The molecule has 1 unspecified atom stereocenters. The van der Waals surface area contributed by atoms with Crippen molar-refractivity contribution >= 4 is 11.9 Å². The molecule has 1 amide bonds. The summed E-state index contributed by atoms with van der Waals surface area (Å²) in [6.07, 6.45) is 0.247. The highest BCUT2D eigenvalue weighted by atomic mass is 16.5. The quantitative estimate of drug-likeness (QED) is 0.762. The first-order chi connectivity index (χ1) is 8.35. The lowest BCUT2D eigenvalue weighted by Crippen LogP contribution is -2.50. The second-order valence-electron chi connectivity index (χ2n) is 4.64. The van der Waals surface area contributed by atoms with Crippen molar-refractivity contribution in [2.75, 3.05) is 13.1 Å². The van der Waals surface area contributed by atoms with E-state index in [1.807, 2.05) is 0 Å². The number of aliphatic carboxylic acids is 1. The molecule has 7 nitrogen and oxygen atoms in total. The van der Waals surface area contributed by atoms with E-state index in [0.29, 0.717) is 23.6 Å². The summed E-state index contributed by atoms with van der Waals surface area (Å²) in [6, 6.07) is 0. The van der Waals surface area contributed by atoms with E-state index in [1.165, 1.54) is 4.90 Å². The number of hydrogen-bond acceptors (Lipinski definition) is 5. The Balaban J connectivity index is 2.21. The first-order valence-corrected chi connectivity index (χ1v) is 5.59. The standard InChI is InChI=1S/C11H15N3O4/c1-6-8(7(2)18-13-6)9(15)14-4-3-11(12,5-14)10(16)17/h3-5,12H2,1-2H3,(H,16,17). The Morgan fingerprint density at radius 3 is 2.61 bits per heavy atom. The van der Waals surface area contributed by atoms with Crippen LogP contribution >= 0.6 is 0 Å². The Labute approximate surface area is 104 Å². The maximum absolute atomic E-state index is 12.2. The van der Waals surface area contributed by atoms with Gasteiger partial charge in [0.15, 0.2) is 0 Å². The Kier molecular flexibility index (Phi) is 2.86. The van der Waals surface area contributed by atoms with Gasteiger partial charge in [-0.05, 0) is 20.3 Å². The number of amides is 1. The predicted molar refractivity (Wildman–Crippen MR) is 61.1 cm³/mol. The Bertz CT molecular complexity index is 491. The maximum Gasteiger partial charge on any atom is 0.325 e. The van der Waals surface area contributed by atoms with Crippen LogP contribution in [-0.2, 0) is 4.79 Å². The number of carboxylic acid groups (broad SMARTS) is 1. The summed E-state index contributed by atoms with van der Waals surface area (Å²) >= 11 is 0. The van der Waals surface area contributed by atoms with Gasteiger partial charge in [-0.1, -0.05) is 5.16 Å². The smallest absolute Gasteiger partial charge is 0.325 e. The molecule has 0 saturated carbocycles. The number of nitrogens with two attached hydrogens (primary N) is 1. The number of hydrogen-bond donors (Lipinski definition) is 2. The summed E-state index contributed by atoms with van der Waals surface area (Å²) in [4.78, 5) is 24.7. The molecule has 0 bridgehead atoms. The van der Waals surface area contributed by atoms with Gasteiger partial charge in [0, 0.05) is 13.1 Å². The third kappa shape index (κ3) is 1.86. The highest BCUT2D eigenvalue weighted by Gasteiger charge is 2.43. The van der Waals surface area contributed by atoms with Gasteiger partial charge in [0.05, 0.1) is 5.69 Å². The average molecular weight is 253 g/mol. The van der Waals surface area contributed by atoms with Crippen molar-refractivity contribution in [2.45, 2.75) is 25.8 Å². The summed E-state index contributed by atoms with van der Waals surface area (Å²) in [5.41, 5.74) is 5.27. The molecule has 7 heteroatoms. The molecule has 1 aromatic rings. The van der Waals surface area contributed by atoms with Crippen LogP contribution in [0.15, 0.2) is 4.52 Å². The highest BCUT2D eigenvalue weighted by Crippen LogP contribution is 2.23. The molecule has 0 spiro atoms. The van der Waals surface area contributed by atoms with E-state index in [1.54, 1.807) is 13.8 Å². The van der Waals surface area contributed by atoms with Crippen molar-refractivity contribution in [2.24, 2.45) is 5.73 Å². The van der Waals surface area contributed by atoms with Crippen molar-refractivity contribution in [1.82, 2.24) is 10.1 Å². The minimum absolute atomic E-state index is 0.00519. The Morgan fingerprint density at radius 1 is 1.50 bits per heavy atom. The lowest BCUT2D eigenvalue weighted by Gasteiger charge is -2.19. The van der Waals surface area contributed by atoms with Crippen LogP contribution in [0.3, 0.4) is 0 Å². The van der Waals surface area contributed by atoms with Crippen LogP contribution in [0.25, 0.3) is 0 Å². The highest BCUT2D eigenvalue weighted by molar-refractivity contribution is 5.97. The Hall–Kier alpha value is -1.89. The van der Waals surface area contributed by atoms with Gasteiger partial charge in [-0.3, -0.25) is 9.59 Å². The zero-order valence-corrected chi connectivity index (χ0v) is 10.3. The van der Waals surface area contributed by atoms with Crippen LogP contribution < -0.4 is 5.73 Å². The van der Waals surface area contributed by atoms with Crippen molar-refractivity contribution in [1.29, 1.82) is 0 Å². The first kappa shape index (κ1) is 12.6. The fraction of sp³-hybridized carbons (Fsp3) is 0.545. The monoisotopic (exact) mass is 253 g/mol. The minimum Gasteiger partial charge on any atom is -0.480 e. The average Bonchev–Trinajstić information content (AvgIpc) is 2.84. The molecule has 3 N–H and O–H groups in total. The fourth-order valence-electron chi connectivity index (χ4n) is 2.13. The SMILES string of the molecule is Cc1noc(C)c1C(=O)N1CCC(N)(C(=O)O)C1. The third-order valence-electron chi connectivity index (χ3n) is 3.26. The minimum atomic E-state index is -1.35. The molecule has 1 aromatic heterocycles. The van der Waals surface area contributed by atoms with Crippen LogP contribution in [0.4, 0.5) is 0 Å². The van der Waals surface area contributed by atoms with E-state index in [4.69, 9.17) is 15.4 Å². The number of carboxylic acids is 1. The van der Waals surface area contributed by atoms with E-state index in [2.05, 4.69) is 5.16 Å². The van der Waals surface area contributed by atoms with E-state index >= 15 is 0 Å². The molecule has 1 saturated heterocycles. The van der Waals surface area contributed by atoms with Gasteiger partial charge in [-0.2, -0.15) is 0 Å². The van der Waals surface area contributed by atoms with Crippen LogP contribution in [0.1, 0.15) is 28.2 Å². The first-order valence-electron chi connectivity index (χ1n) is 5.59. The maximum atomic E-state index is 12.2. The molecular formula is C11H15N3O4. The number of carbonyl (C=O) groups is 2. The summed E-state index contributed by atoms with van der Waals surface area (Å²) in [5, 5.41) is 12.7. The zero-order valence-electron chi connectivity index (χ0n) is 10.3. The molecule has 0 aromatic carbocycles. The molecule has 1 fully saturated rings. The van der Waals surface area contributed by atoms with Gasteiger partial charge in [-0.15, -0.1) is 0 Å². The van der Waals surface area contributed by atoms with Gasteiger partial charge in [-0.25, -0.2) is 0 Å². The molecule has 1 aliphatic heterocycles. The lowest BCUT2D eigenvalue weighted by atomic mass is 10.0. The van der Waals surface area contributed by atoms with Crippen LogP contribution in [0.5, 0.6) is 0 Å². The molecule has 1 atom stereocenters. The van der Waals surface area contributed by atoms with Gasteiger partial charge < -0.3 is 20.3 Å². The zero-order chi connectivity index (χ0) is 13.5. The van der Waals surface area contributed by atoms with Crippen LogP contribution in [0, 0.1) is 13.8 Å². The molecular weight excluding hydrogens is 238 g/mol. The van der Waals surface area contributed by atoms with Gasteiger partial charge in [0.25, 0.3) is 5.91 Å². The van der Waals surface area contributed by atoms with E-state index < -0.39 is 11.5 Å². The van der Waals surface area contributed by atoms with E-state index in [9.17, 15) is 9.59 Å². The number of likely N-dealkylation sites (tertiary alicyclic amines) is 1. The predicted octanol–water partition coefficient (Wildman–Crippen LogP) is -0.0806.